The molecule has 0 saturated carbocycles. The first-order valence-electron chi connectivity index (χ1n) is 6.68. The van der Waals surface area contributed by atoms with Crippen LogP contribution in [0.4, 0.5) is 0 Å². The van der Waals surface area contributed by atoms with Gasteiger partial charge < -0.3 is 4.74 Å². The number of ether oxygens (including phenoxy) is 1. The molecule has 98 valence electrons. The van der Waals surface area contributed by atoms with Gasteiger partial charge in [-0.1, -0.05) is 25.8 Å². The second-order valence-corrected chi connectivity index (χ2v) is 4.79. The van der Waals surface area contributed by atoms with Crippen molar-refractivity contribution in [2.24, 2.45) is 0 Å². The van der Waals surface area contributed by atoms with Crippen LogP contribution in [0.1, 0.15) is 46.0 Å². The molecule has 0 aromatic heterocycles. The van der Waals surface area contributed by atoms with E-state index in [1.807, 2.05) is 13.0 Å². The Kier molecular flexibility index (Phi) is 6.27. The fourth-order valence-electron chi connectivity index (χ4n) is 2.44. The van der Waals surface area contributed by atoms with E-state index in [1.165, 1.54) is 39.2 Å². The van der Waals surface area contributed by atoms with E-state index in [2.05, 4.69) is 11.8 Å². The van der Waals surface area contributed by atoms with Gasteiger partial charge in [0.1, 0.15) is 0 Å². The maximum atomic E-state index is 11.3. The van der Waals surface area contributed by atoms with Crippen LogP contribution in [0.2, 0.25) is 0 Å². The van der Waals surface area contributed by atoms with E-state index in [0.29, 0.717) is 11.6 Å². The Morgan fingerprint density at radius 3 is 2.82 bits per heavy atom. The van der Waals surface area contributed by atoms with Gasteiger partial charge in [-0.2, -0.15) is 0 Å². The third-order valence-electron chi connectivity index (χ3n) is 3.61. The number of methoxy groups -OCH3 is 1. The van der Waals surface area contributed by atoms with Crippen molar-refractivity contribution in [3.63, 3.8) is 0 Å². The topological polar surface area (TPSA) is 29.5 Å². The van der Waals surface area contributed by atoms with Gasteiger partial charge in [0, 0.05) is 18.2 Å². The molecule has 1 atom stereocenters. The molecule has 1 aliphatic heterocycles. The summed E-state index contributed by atoms with van der Waals surface area (Å²) in [5, 5.41) is 0. The zero-order chi connectivity index (χ0) is 12.7. The molecule has 17 heavy (non-hydrogen) atoms. The van der Waals surface area contributed by atoms with Crippen molar-refractivity contribution in [2.45, 2.75) is 52.0 Å². The van der Waals surface area contributed by atoms with Gasteiger partial charge in [-0.15, -0.1) is 0 Å². The number of hydrogen-bond acceptors (Lipinski definition) is 3. The van der Waals surface area contributed by atoms with Crippen molar-refractivity contribution in [1.82, 2.24) is 4.90 Å². The van der Waals surface area contributed by atoms with Gasteiger partial charge in [0.2, 0.25) is 0 Å². The molecule has 0 aromatic carbocycles. The number of carbonyl (C=O) groups excluding carboxylic acids is 1. The summed E-state index contributed by atoms with van der Waals surface area (Å²) in [6.07, 6.45) is 8.45. The minimum Gasteiger partial charge on any atom is -0.466 e. The Morgan fingerprint density at radius 1 is 1.41 bits per heavy atom. The number of esters is 1. The first-order valence-corrected chi connectivity index (χ1v) is 6.68. The van der Waals surface area contributed by atoms with Crippen LogP contribution in [0, 0.1) is 0 Å². The predicted octanol–water partition coefficient (Wildman–Crippen LogP) is 2.76. The summed E-state index contributed by atoms with van der Waals surface area (Å²) >= 11 is 0. The molecular weight excluding hydrogens is 214 g/mol. The molecule has 0 N–H and O–H groups in total. The highest BCUT2D eigenvalue weighted by molar-refractivity contribution is 5.87. The Balaban J connectivity index is 2.55. The summed E-state index contributed by atoms with van der Waals surface area (Å²) in [5.74, 6) is -0.215. The van der Waals surface area contributed by atoms with E-state index in [1.54, 1.807) is 0 Å². The Bertz CT molecular complexity index is 273. The molecular formula is C14H25NO2. The molecule has 1 saturated heterocycles. The molecule has 1 unspecified atom stereocenters. The normalized spacial score (nSPS) is 23.2. The molecule has 0 amide bonds. The van der Waals surface area contributed by atoms with Crippen LogP contribution in [0.3, 0.4) is 0 Å². The zero-order valence-corrected chi connectivity index (χ0v) is 11.4. The molecule has 1 rings (SSSR count). The van der Waals surface area contributed by atoms with Gasteiger partial charge in [-0.3, -0.25) is 4.90 Å². The largest absolute Gasteiger partial charge is 0.466 e. The van der Waals surface area contributed by atoms with Gasteiger partial charge in [0.05, 0.1) is 7.11 Å². The van der Waals surface area contributed by atoms with Crippen LogP contribution in [-0.2, 0) is 9.53 Å². The molecule has 0 aliphatic carbocycles. The summed E-state index contributed by atoms with van der Waals surface area (Å²) in [6.45, 7) is 6.10. The standard InChI is InChI=1S/C14H25NO2/c1-4-13-8-6-5-7-10-15(13)11-9-12(2)14(16)17-3/h9,13H,4-8,10-11H2,1-3H3/b12-9-. The summed E-state index contributed by atoms with van der Waals surface area (Å²) < 4.78 is 4.70. The van der Waals surface area contributed by atoms with Crippen LogP contribution < -0.4 is 0 Å². The van der Waals surface area contributed by atoms with Crippen LogP contribution >= 0.6 is 0 Å². The molecule has 1 fully saturated rings. The molecule has 1 heterocycles. The second kappa shape index (κ2) is 7.49. The third kappa shape index (κ3) is 4.50. The maximum Gasteiger partial charge on any atom is 0.333 e. The summed E-state index contributed by atoms with van der Waals surface area (Å²) in [5.41, 5.74) is 0.714. The first kappa shape index (κ1) is 14.2. The van der Waals surface area contributed by atoms with E-state index in [4.69, 9.17) is 4.74 Å². The number of carbonyl (C=O) groups is 1. The van der Waals surface area contributed by atoms with Gasteiger partial charge >= 0.3 is 5.97 Å². The lowest BCUT2D eigenvalue weighted by Gasteiger charge is -2.27. The van der Waals surface area contributed by atoms with Gasteiger partial charge in [0.15, 0.2) is 0 Å². The number of rotatable bonds is 4. The van der Waals surface area contributed by atoms with Crippen molar-refractivity contribution in [3.05, 3.63) is 11.6 Å². The number of likely N-dealkylation sites (tertiary alicyclic amines) is 1. The minimum atomic E-state index is -0.215. The zero-order valence-electron chi connectivity index (χ0n) is 11.4. The van der Waals surface area contributed by atoms with E-state index in [-0.39, 0.29) is 5.97 Å². The number of hydrogen-bond donors (Lipinski definition) is 0. The van der Waals surface area contributed by atoms with Crippen molar-refractivity contribution < 1.29 is 9.53 Å². The van der Waals surface area contributed by atoms with E-state index in [9.17, 15) is 4.79 Å². The lowest BCUT2D eigenvalue weighted by Crippen LogP contribution is -2.34. The lowest BCUT2D eigenvalue weighted by atomic mass is 10.1. The van der Waals surface area contributed by atoms with Crippen molar-refractivity contribution in [3.8, 4) is 0 Å². The van der Waals surface area contributed by atoms with Crippen molar-refractivity contribution in [1.29, 1.82) is 0 Å². The highest BCUT2D eigenvalue weighted by Gasteiger charge is 2.18. The molecule has 0 aromatic rings. The van der Waals surface area contributed by atoms with Crippen molar-refractivity contribution >= 4 is 5.97 Å². The summed E-state index contributed by atoms with van der Waals surface area (Å²) in [7, 11) is 1.43. The Labute approximate surface area is 105 Å². The second-order valence-electron chi connectivity index (χ2n) is 4.79. The Hall–Kier alpha value is -0.830. The van der Waals surface area contributed by atoms with Crippen LogP contribution in [-0.4, -0.2) is 37.1 Å². The highest BCUT2D eigenvalue weighted by Crippen LogP contribution is 2.19. The van der Waals surface area contributed by atoms with Gasteiger partial charge in [-0.05, 0) is 32.7 Å². The summed E-state index contributed by atoms with van der Waals surface area (Å²) in [6, 6.07) is 0.680. The fourth-order valence-corrected chi connectivity index (χ4v) is 2.44. The quantitative estimate of drug-likeness (QED) is 0.558. The monoisotopic (exact) mass is 239 g/mol. The van der Waals surface area contributed by atoms with Gasteiger partial charge in [0.25, 0.3) is 0 Å². The van der Waals surface area contributed by atoms with Gasteiger partial charge in [-0.25, -0.2) is 4.79 Å². The molecule has 0 radical (unpaired) electrons. The molecule has 3 nitrogen and oxygen atoms in total. The average molecular weight is 239 g/mol. The maximum absolute atomic E-state index is 11.3. The van der Waals surface area contributed by atoms with E-state index >= 15 is 0 Å². The molecule has 0 spiro atoms. The van der Waals surface area contributed by atoms with E-state index < -0.39 is 0 Å². The van der Waals surface area contributed by atoms with Crippen LogP contribution in [0.15, 0.2) is 11.6 Å². The summed E-state index contributed by atoms with van der Waals surface area (Å²) in [4.78, 5) is 13.8. The van der Waals surface area contributed by atoms with Crippen molar-refractivity contribution in [2.75, 3.05) is 20.2 Å². The van der Waals surface area contributed by atoms with Crippen LogP contribution in [0.5, 0.6) is 0 Å². The predicted molar refractivity (Wildman–Crippen MR) is 69.9 cm³/mol. The smallest absolute Gasteiger partial charge is 0.333 e. The Morgan fingerprint density at radius 2 is 2.18 bits per heavy atom. The molecule has 3 heteroatoms. The minimum absolute atomic E-state index is 0.215. The highest BCUT2D eigenvalue weighted by atomic mass is 16.5. The fraction of sp³-hybridized carbons (Fsp3) is 0.786. The molecule has 0 bridgehead atoms. The third-order valence-corrected chi connectivity index (χ3v) is 3.61. The SMILES string of the molecule is CCC1CCCCCN1C/C=C(/C)C(=O)OC. The number of nitrogens with zero attached hydrogens (tertiary/aromatic N) is 1. The lowest BCUT2D eigenvalue weighted by molar-refractivity contribution is -0.136. The van der Waals surface area contributed by atoms with Crippen LogP contribution in [0.25, 0.3) is 0 Å². The molecule has 1 aliphatic rings. The average Bonchev–Trinajstić information content (AvgIpc) is 2.59. The first-order chi connectivity index (χ1) is 8.19. The van der Waals surface area contributed by atoms with E-state index in [0.717, 1.165) is 13.1 Å².